The molecule has 0 bridgehead atoms. The molecule has 0 saturated carbocycles. The lowest BCUT2D eigenvalue weighted by Crippen LogP contribution is -2.13. The van der Waals surface area contributed by atoms with E-state index in [2.05, 4.69) is 5.32 Å². The summed E-state index contributed by atoms with van der Waals surface area (Å²) < 4.78 is 10.9. The van der Waals surface area contributed by atoms with Crippen LogP contribution in [0.25, 0.3) is 6.08 Å². The van der Waals surface area contributed by atoms with Gasteiger partial charge in [0.15, 0.2) is 11.5 Å². The van der Waals surface area contributed by atoms with Crippen LogP contribution in [-0.2, 0) is 4.79 Å². The molecule has 5 nitrogen and oxygen atoms in total. The molecule has 1 amide bonds. The largest absolute Gasteiger partial charge is 0.493 e. The van der Waals surface area contributed by atoms with Crippen LogP contribution in [0.15, 0.2) is 42.0 Å². The monoisotopic (exact) mass is 404 g/mol. The molecule has 0 fully saturated rings. The van der Waals surface area contributed by atoms with E-state index >= 15 is 0 Å². The molecule has 7 heteroatoms. The van der Waals surface area contributed by atoms with Gasteiger partial charge in [-0.2, -0.15) is 5.26 Å². The maximum Gasteiger partial charge on any atom is 0.266 e. The van der Waals surface area contributed by atoms with Crippen molar-refractivity contribution < 1.29 is 14.3 Å². The number of rotatable bonds is 7. The first-order chi connectivity index (χ1) is 13.0. The third kappa shape index (κ3) is 5.65. The number of hydrogen-bond acceptors (Lipinski definition) is 4. The van der Waals surface area contributed by atoms with Gasteiger partial charge in [0.05, 0.1) is 18.7 Å². The Morgan fingerprint density at radius 3 is 2.70 bits per heavy atom. The zero-order valence-corrected chi connectivity index (χ0v) is 16.4. The number of hydrogen-bond donors (Lipinski definition) is 1. The highest BCUT2D eigenvalue weighted by atomic mass is 35.5. The normalized spacial score (nSPS) is 10.9. The first-order valence-electron chi connectivity index (χ1n) is 8.17. The lowest BCUT2D eigenvalue weighted by Gasteiger charge is -2.13. The number of carbonyl (C=O) groups is 1. The SMILES string of the molecule is CCCOc1c(Cl)cc(/C=C(\C#N)C(=O)Nc2cccc(Cl)c2)cc1OC. The second kappa shape index (κ2) is 9.86. The molecule has 2 aromatic carbocycles. The van der Waals surface area contributed by atoms with Crippen LogP contribution >= 0.6 is 23.2 Å². The fraction of sp³-hybridized carbons (Fsp3) is 0.200. The summed E-state index contributed by atoms with van der Waals surface area (Å²) >= 11 is 12.2. The molecule has 0 aliphatic carbocycles. The smallest absolute Gasteiger partial charge is 0.266 e. The second-order valence-corrected chi connectivity index (χ2v) is 6.36. The van der Waals surface area contributed by atoms with Gasteiger partial charge in [0.1, 0.15) is 11.6 Å². The van der Waals surface area contributed by atoms with Crippen molar-refractivity contribution in [1.82, 2.24) is 0 Å². The van der Waals surface area contributed by atoms with Gasteiger partial charge in [-0.25, -0.2) is 0 Å². The van der Waals surface area contributed by atoms with Gasteiger partial charge in [-0.1, -0.05) is 36.2 Å². The van der Waals surface area contributed by atoms with E-state index in [0.29, 0.717) is 39.4 Å². The van der Waals surface area contributed by atoms with Crippen molar-refractivity contribution in [3.05, 3.63) is 57.6 Å². The van der Waals surface area contributed by atoms with Crippen LogP contribution < -0.4 is 14.8 Å². The Bertz CT molecular complexity index is 905. The van der Waals surface area contributed by atoms with Gasteiger partial charge >= 0.3 is 0 Å². The molecule has 0 unspecified atom stereocenters. The number of nitrogens with zero attached hydrogens (tertiary/aromatic N) is 1. The predicted molar refractivity (Wildman–Crippen MR) is 107 cm³/mol. The van der Waals surface area contributed by atoms with Crippen molar-refractivity contribution in [1.29, 1.82) is 5.26 Å². The number of carbonyl (C=O) groups excluding carboxylic acids is 1. The van der Waals surface area contributed by atoms with Crippen molar-refractivity contribution in [3.63, 3.8) is 0 Å². The predicted octanol–water partition coefficient (Wildman–Crippen LogP) is 5.34. The van der Waals surface area contributed by atoms with E-state index in [1.165, 1.54) is 13.2 Å². The molecule has 0 aliphatic heterocycles. The molecule has 2 aromatic rings. The number of halogens is 2. The Hall–Kier alpha value is -2.68. The minimum atomic E-state index is -0.554. The van der Waals surface area contributed by atoms with E-state index < -0.39 is 5.91 Å². The average Bonchev–Trinajstić information content (AvgIpc) is 2.64. The van der Waals surface area contributed by atoms with Gasteiger partial charge in [-0.15, -0.1) is 0 Å². The van der Waals surface area contributed by atoms with Crippen LogP contribution in [0.1, 0.15) is 18.9 Å². The van der Waals surface area contributed by atoms with Crippen molar-refractivity contribution in [3.8, 4) is 17.6 Å². The molecule has 0 radical (unpaired) electrons. The molecular weight excluding hydrogens is 387 g/mol. The van der Waals surface area contributed by atoms with Crippen LogP contribution in [0.5, 0.6) is 11.5 Å². The molecule has 0 saturated heterocycles. The van der Waals surface area contributed by atoms with E-state index in [1.807, 2.05) is 13.0 Å². The van der Waals surface area contributed by atoms with E-state index in [0.717, 1.165) is 6.42 Å². The van der Waals surface area contributed by atoms with E-state index in [1.54, 1.807) is 36.4 Å². The number of nitrogens with one attached hydrogen (secondary N) is 1. The summed E-state index contributed by atoms with van der Waals surface area (Å²) in [6.45, 7) is 2.48. The van der Waals surface area contributed by atoms with Crippen molar-refractivity contribution in [2.24, 2.45) is 0 Å². The van der Waals surface area contributed by atoms with Crippen LogP contribution in [0.2, 0.25) is 10.0 Å². The van der Waals surface area contributed by atoms with Gasteiger partial charge in [0, 0.05) is 10.7 Å². The Kier molecular flexibility index (Phi) is 7.54. The Morgan fingerprint density at radius 2 is 2.07 bits per heavy atom. The van der Waals surface area contributed by atoms with Crippen LogP contribution in [0.4, 0.5) is 5.69 Å². The molecule has 0 atom stereocenters. The van der Waals surface area contributed by atoms with Crippen molar-refractivity contribution in [2.45, 2.75) is 13.3 Å². The fourth-order valence-corrected chi connectivity index (χ4v) is 2.71. The third-order valence-corrected chi connectivity index (χ3v) is 3.98. The summed E-state index contributed by atoms with van der Waals surface area (Å²) in [6.07, 6.45) is 2.25. The highest BCUT2D eigenvalue weighted by Gasteiger charge is 2.14. The maximum atomic E-state index is 12.4. The number of nitriles is 1. The Balaban J connectivity index is 2.30. The summed E-state index contributed by atoms with van der Waals surface area (Å²) in [5, 5.41) is 12.8. The van der Waals surface area contributed by atoms with Gasteiger partial charge in [0.2, 0.25) is 0 Å². The Labute approximate surface area is 168 Å². The molecular formula is C20H18Cl2N2O3. The quantitative estimate of drug-likeness (QED) is 0.499. The fourth-order valence-electron chi connectivity index (χ4n) is 2.25. The van der Waals surface area contributed by atoms with Crippen LogP contribution in [0, 0.1) is 11.3 Å². The topological polar surface area (TPSA) is 71.3 Å². The second-order valence-electron chi connectivity index (χ2n) is 5.52. The molecule has 27 heavy (non-hydrogen) atoms. The van der Waals surface area contributed by atoms with Crippen molar-refractivity contribution >= 4 is 40.9 Å². The average molecular weight is 405 g/mol. The minimum Gasteiger partial charge on any atom is -0.493 e. The Morgan fingerprint density at radius 1 is 1.30 bits per heavy atom. The number of anilines is 1. The summed E-state index contributed by atoms with van der Waals surface area (Å²) in [5.74, 6) is 0.302. The van der Waals surface area contributed by atoms with Crippen LogP contribution in [0.3, 0.4) is 0 Å². The molecule has 140 valence electrons. The summed E-state index contributed by atoms with van der Waals surface area (Å²) in [4.78, 5) is 12.4. The molecule has 0 spiro atoms. The van der Waals surface area contributed by atoms with Gasteiger partial charge in [0.25, 0.3) is 5.91 Å². The number of benzene rings is 2. The lowest BCUT2D eigenvalue weighted by molar-refractivity contribution is -0.112. The molecule has 2 rings (SSSR count). The zero-order chi connectivity index (χ0) is 19.8. The first-order valence-corrected chi connectivity index (χ1v) is 8.93. The molecule has 0 heterocycles. The highest BCUT2D eigenvalue weighted by Crippen LogP contribution is 2.37. The van der Waals surface area contributed by atoms with E-state index in [-0.39, 0.29) is 5.57 Å². The number of methoxy groups -OCH3 is 1. The summed E-state index contributed by atoms with van der Waals surface area (Å²) in [5.41, 5.74) is 0.946. The molecule has 1 N–H and O–H groups in total. The standard InChI is InChI=1S/C20H18Cl2N2O3/c1-3-7-27-19-17(22)9-13(10-18(19)26-2)8-14(12-23)20(25)24-16-6-4-5-15(21)11-16/h4-6,8-11H,3,7H2,1-2H3,(H,24,25)/b14-8+. The van der Waals surface area contributed by atoms with Gasteiger partial charge in [-0.3, -0.25) is 4.79 Å². The molecule has 0 aliphatic rings. The van der Waals surface area contributed by atoms with E-state index in [9.17, 15) is 10.1 Å². The van der Waals surface area contributed by atoms with Gasteiger partial charge < -0.3 is 14.8 Å². The van der Waals surface area contributed by atoms with Crippen molar-refractivity contribution in [2.75, 3.05) is 19.0 Å². The highest BCUT2D eigenvalue weighted by molar-refractivity contribution is 6.32. The maximum absolute atomic E-state index is 12.4. The third-order valence-electron chi connectivity index (χ3n) is 3.46. The minimum absolute atomic E-state index is 0.0877. The van der Waals surface area contributed by atoms with Crippen LogP contribution in [-0.4, -0.2) is 19.6 Å². The summed E-state index contributed by atoms with van der Waals surface area (Å²) in [7, 11) is 1.50. The summed E-state index contributed by atoms with van der Waals surface area (Å²) in [6, 6.07) is 11.8. The number of amides is 1. The molecule has 0 aromatic heterocycles. The lowest BCUT2D eigenvalue weighted by atomic mass is 10.1. The first kappa shape index (κ1) is 20.6. The number of ether oxygens (including phenoxy) is 2. The zero-order valence-electron chi connectivity index (χ0n) is 14.9. The van der Waals surface area contributed by atoms with E-state index in [4.69, 9.17) is 32.7 Å². The van der Waals surface area contributed by atoms with Gasteiger partial charge in [-0.05, 0) is 48.4 Å².